The molecule has 2 nitrogen and oxygen atoms in total. The minimum Gasteiger partial charge on any atom is -0.344 e. The first kappa shape index (κ1) is 30.1. The molecular weight excluding hydrogens is 532 g/mol. The number of anilines is 1. The maximum atomic E-state index is 2.66. The fourth-order valence-corrected chi connectivity index (χ4v) is 7.90. The van der Waals surface area contributed by atoms with Gasteiger partial charge in [0.25, 0.3) is 0 Å². The van der Waals surface area contributed by atoms with Crippen LogP contribution in [0.1, 0.15) is 82.9 Å². The van der Waals surface area contributed by atoms with Crippen LogP contribution < -0.4 is 4.90 Å². The number of para-hydroxylation sites is 1. The number of rotatable bonds is 11. The molecule has 0 saturated carbocycles. The Kier molecular flexibility index (Phi) is 8.63. The standard InChI is InChI=1S/C42H49N2/c1-6-7-8-9-10-18-30-44-37-29-28-33-22-14-15-23-34(33)40(37)42(4,31-32-20-12-11-13-21-32)39(44)27-19-26-38-41(2,3)35-24-16-17-25-36(35)43(38)5/h11-17,19-29H,6-10,18,30-31H2,1-5H3/q+1. The second-order valence-electron chi connectivity index (χ2n) is 13.6. The lowest BCUT2D eigenvalue weighted by molar-refractivity contribution is -0.401. The minimum absolute atomic E-state index is 0.0410. The molecule has 0 aliphatic carbocycles. The molecule has 0 aromatic heterocycles. The van der Waals surface area contributed by atoms with Crippen molar-refractivity contribution in [3.63, 3.8) is 0 Å². The van der Waals surface area contributed by atoms with E-state index in [1.807, 2.05) is 0 Å². The van der Waals surface area contributed by atoms with Crippen molar-refractivity contribution in [3.8, 4) is 0 Å². The van der Waals surface area contributed by atoms with Gasteiger partial charge in [0.15, 0.2) is 5.71 Å². The molecule has 2 aliphatic heterocycles. The van der Waals surface area contributed by atoms with Gasteiger partial charge in [-0.05, 0) is 67.7 Å². The van der Waals surface area contributed by atoms with Gasteiger partial charge in [-0.25, -0.2) is 0 Å². The number of benzene rings is 4. The molecule has 0 N–H and O–H groups in total. The highest BCUT2D eigenvalue weighted by Gasteiger charge is 2.45. The summed E-state index contributed by atoms with van der Waals surface area (Å²) in [6, 6.07) is 33.6. The third-order valence-corrected chi connectivity index (χ3v) is 10.2. The van der Waals surface area contributed by atoms with E-state index >= 15 is 0 Å². The molecule has 0 saturated heterocycles. The molecule has 0 radical (unpaired) electrons. The largest absolute Gasteiger partial charge is 0.344 e. The molecule has 0 fully saturated rings. The topological polar surface area (TPSA) is 6.25 Å². The summed E-state index contributed by atoms with van der Waals surface area (Å²) in [4.78, 5) is 2.66. The minimum atomic E-state index is -0.158. The van der Waals surface area contributed by atoms with Crippen molar-refractivity contribution < 1.29 is 4.58 Å². The van der Waals surface area contributed by atoms with Crippen LogP contribution in [0.5, 0.6) is 0 Å². The smallest absolute Gasteiger partial charge is 0.209 e. The quantitative estimate of drug-likeness (QED) is 0.126. The van der Waals surface area contributed by atoms with Crippen molar-refractivity contribution in [3.05, 3.63) is 132 Å². The van der Waals surface area contributed by atoms with E-state index in [9.17, 15) is 0 Å². The van der Waals surface area contributed by atoms with Gasteiger partial charge in [0.1, 0.15) is 7.05 Å². The first-order valence-corrected chi connectivity index (χ1v) is 16.8. The van der Waals surface area contributed by atoms with Crippen molar-refractivity contribution >= 4 is 27.9 Å². The lowest BCUT2D eigenvalue weighted by Gasteiger charge is -2.31. The molecule has 2 heterocycles. The van der Waals surface area contributed by atoms with E-state index in [1.165, 1.54) is 88.8 Å². The van der Waals surface area contributed by atoms with Crippen LogP contribution in [0, 0.1) is 0 Å². The van der Waals surface area contributed by atoms with Gasteiger partial charge < -0.3 is 4.90 Å². The molecule has 1 atom stereocenters. The Morgan fingerprint density at radius 3 is 2.25 bits per heavy atom. The monoisotopic (exact) mass is 581 g/mol. The first-order chi connectivity index (χ1) is 21.4. The Balaban J connectivity index is 1.44. The van der Waals surface area contributed by atoms with Crippen molar-refractivity contribution in [2.45, 2.75) is 83.5 Å². The predicted octanol–water partition coefficient (Wildman–Crippen LogP) is 10.7. The average Bonchev–Trinajstić information content (AvgIpc) is 3.38. The molecule has 1 unspecified atom stereocenters. The Labute approximate surface area is 265 Å². The molecule has 4 aromatic rings. The second kappa shape index (κ2) is 12.6. The normalized spacial score (nSPS) is 19.8. The van der Waals surface area contributed by atoms with Gasteiger partial charge in [0.05, 0.1) is 5.41 Å². The number of hydrogen-bond donors (Lipinski definition) is 0. The zero-order valence-electron chi connectivity index (χ0n) is 27.4. The Morgan fingerprint density at radius 2 is 1.45 bits per heavy atom. The van der Waals surface area contributed by atoms with Crippen LogP contribution >= 0.6 is 0 Å². The van der Waals surface area contributed by atoms with Crippen LogP contribution in [0.15, 0.2) is 115 Å². The van der Waals surface area contributed by atoms with Crippen molar-refractivity contribution in [2.24, 2.45) is 0 Å². The molecule has 2 heteroatoms. The Hall–Kier alpha value is -3.91. The van der Waals surface area contributed by atoms with Crippen LogP contribution in [-0.2, 0) is 17.3 Å². The second-order valence-corrected chi connectivity index (χ2v) is 13.6. The van der Waals surface area contributed by atoms with E-state index in [1.54, 1.807) is 0 Å². The Morgan fingerprint density at radius 1 is 0.750 bits per heavy atom. The van der Waals surface area contributed by atoms with E-state index in [0.717, 1.165) is 13.0 Å². The molecule has 0 bridgehead atoms. The molecule has 0 amide bonds. The average molecular weight is 582 g/mol. The van der Waals surface area contributed by atoms with Gasteiger partial charge in [-0.1, -0.05) is 124 Å². The lowest BCUT2D eigenvalue weighted by Crippen LogP contribution is -2.31. The van der Waals surface area contributed by atoms with Crippen molar-refractivity contribution in [2.75, 3.05) is 18.5 Å². The summed E-state index contributed by atoms with van der Waals surface area (Å²) in [5.41, 5.74) is 9.49. The van der Waals surface area contributed by atoms with Gasteiger partial charge in [0, 0.05) is 41.1 Å². The van der Waals surface area contributed by atoms with Crippen LogP contribution in [0.4, 0.5) is 11.4 Å². The number of fused-ring (bicyclic) bond motifs is 4. The summed E-state index contributed by atoms with van der Waals surface area (Å²) in [6.07, 6.45) is 15.9. The summed E-state index contributed by atoms with van der Waals surface area (Å²) in [5.74, 6) is 0. The molecule has 0 spiro atoms. The molecule has 4 aromatic carbocycles. The third-order valence-electron chi connectivity index (χ3n) is 10.2. The van der Waals surface area contributed by atoms with Gasteiger partial charge in [0.2, 0.25) is 5.69 Å². The van der Waals surface area contributed by atoms with Crippen molar-refractivity contribution in [1.82, 2.24) is 0 Å². The van der Waals surface area contributed by atoms with E-state index in [2.05, 4.69) is 153 Å². The van der Waals surface area contributed by atoms with Crippen LogP contribution in [0.2, 0.25) is 0 Å². The summed E-state index contributed by atoms with van der Waals surface area (Å²) >= 11 is 0. The fraction of sp³-hybridized carbons (Fsp3) is 0.357. The number of allylic oxidation sites excluding steroid dienone is 4. The maximum absolute atomic E-state index is 2.66. The zero-order valence-corrected chi connectivity index (χ0v) is 27.4. The van der Waals surface area contributed by atoms with Gasteiger partial charge in [-0.2, -0.15) is 4.58 Å². The van der Waals surface area contributed by atoms with Crippen molar-refractivity contribution in [1.29, 1.82) is 0 Å². The predicted molar refractivity (Wildman–Crippen MR) is 190 cm³/mol. The molecule has 6 rings (SSSR count). The van der Waals surface area contributed by atoms with Gasteiger partial charge in [-0.15, -0.1) is 0 Å². The lowest BCUT2D eigenvalue weighted by atomic mass is 9.74. The molecule has 226 valence electrons. The zero-order chi connectivity index (χ0) is 30.7. The third kappa shape index (κ3) is 5.45. The van der Waals surface area contributed by atoms with E-state index in [-0.39, 0.29) is 10.8 Å². The number of nitrogens with zero attached hydrogens (tertiary/aromatic N) is 2. The highest BCUT2D eigenvalue weighted by Crippen LogP contribution is 2.52. The molecule has 44 heavy (non-hydrogen) atoms. The Bertz CT molecular complexity index is 1720. The number of hydrogen-bond acceptors (Lipinski definition) is 1. The van der Waals surface area contributed by atoms with E-state index < -0.39 is 0 Å². The van der Waals surface area contributed by atoms with E-state index in [4.69, 9.17) is 0 Å². The summed E-state index contributed by atoms with van der Waals surface area (Å²) < 4.78 is 2.37. The highest BCUT2D eigenvalue weighted by molar-refractivity contribution is 6.03. The van der Waals surface area contributed by atoms with Gasteiger partial charge in [-0.3, -0.25) is 0 Å². The first-order valence-electron chi connectivity index (χ1n) is 16.8. The summed E-state index contributed by atoms with van der Waals surface area (Å²) in [6.45, 7) is 10.5. The summed E-state index contributed by atoms with van der Waals surface area (Å²) in [5, 5.41) is 2.70. The SMILES string of the molecule is CCCCCCCCN1C(=CC=CC2=[N+](C)c3ccccc3C2(C)C)C(C)(Cc2ccccc2)c2c1ccc1ccccc21. The fourth-order valence-electron chi connectivity index (χ4n) is 7.90. The summed E-state index contributed by atoms with van der Waals surface area (Å²) in [7, 11) is 2.21. The van der Waals surface area contributed by atoms with Gasteiger partial charge >= 0.3 is 0 Å². The number of unbranched alkanes of at least 4 members (excludes halogenated alkanes) is 5. The highest BCUT2D eigenvalue weighted by atomic mass is 15.2. The molecular formula is C42H49N2+. The van der Waals surface area contributed by atoms with E-state index in [0.29, 0.717) is 0 Å². The van der Waals surface area contributed by atoms with Crippen LogP contribution in [0.25, 0.3) is 10.8 Å². The maximum Gasteiger partial charge on any atom is 0.209 e. The van der Waals surface area contributed by atoms with Crippen LogP contribution in [0.3, 0.4) is 0 Å². The molecule has 2 aliphatic rings. The van der Waals surface area contributed by atoms with Crippen LogP contribution in [-0.4, -0.2) is 23.9 Å².